The van der Waals surface area contributed by atoms with E-state index in [0.717, 1.165) is 36.9 Å². The van der Waals surface area contributed by atoms with E-state index in [1.54, 1.807) is 11.0 Å². The van der Waals surface area contributed by atoms with E-state index in [1.807, 2.05) is 43.4 Å². The number of carbonyl (C=O) groups excluding carboxylic acids is 1. The van der Waals surface area contributed by atoms with Crippen molar-refractivity contribution in [3.63, 3.8) is 0 Å². The van der Waals surface area contributed by atoms with Crippen molar-refractivity contribution in [3.05, 3.63) is 75.5 Å². The molecule has 1 saturated carbocycles. The Morgan fingerprint density at radius 1 is 1.09 bits per heavy atom. The molecule has 0 aromatic heterocycles. The first-order valence-corrected chi connectivity index (χ1v) is 14.6. The Morgan fingerprint density at radius 2 is 1.79 bits per heavy atom. The molecule has 3 aliphatic rings. The zero-order chi connectivity index (χ0) is 23.9. The second-order valence-corrected chi connectivity index (χ2v) is 13.5. The smallest absolute Gasteiger partial charge is 0.246 e. The van der Waals surface area contributed by atoms with Gasteiger partial charge in [-0.1, -0.05) is 54.2 Å². The number of thioether (sulfide) groups is 1. The first-order chi connectivity index (χ1) is 16.3. The Balaban J connectivity index is 1.32. The fourth-order valence-electron chi connectivity index (χ4n) is 5.45. The largest absolute Gasteiger partial charge is 0.315 e. The number of fused-ring (bicyclic) bond motifs is 3. The SMILES string of the molecule is CN(C(=O)Cc1ccccc1)c1ccc2c(c1)CC1CCC(C2)C1NS(=O)(=O)C1=CCC(Cl)S1. The minimum absolute atomic E-state index is 0.0480. The topological polar surface area (TPSA) is 66.5 Å². The molecule has 2 aliphatic carbocycles. The molecule has 4 unspecified atom stereocenters. The van der Waals surface area contributed by atoms with Crippen molar-refractivity contribution in [1.29, 1.82) is 0 Å². The number of amides is 1. The predicted molar refractivity (Wildman–Crippen MR) is 139 cm³/mol. The quantitative estimate of drug-likeness (QED) is 0.557. The summed E-state index contributed by atoms with van der Waals surface area (Å²) in [6.07, 6.45) is 6.37. The number of allylic oxidation sites excluding steroid dienone is 1. The summed E-state index contributed by atoms with van der Waals surface area (Å²) in [5, 5.41) is 0. The zero-order valence-electron chi connectivity index (χ0n) is 19.1. The molecule has 4 atom stereocenters. The molecule has 2 aromatic carbocycles. The van der Waals surface area contributed by atoms with Gasteiger partial charge in [-0.2, -0.15) is 0 Å². The molecule has 0 radical (unpaired) electrons. The van der Waals surface area contributed by atoms with Crippen LogP contribution in [0.3, 0.4) is 0 Å². The number of halogens is 1. The number of alkyl halides is 1. The molecule has 0 spiro atoms. The van der Waals surface area contributed by atoms with Crippen LogP contribution in [0.15, 0.2) is 58.8 Å². The van der Waals surface area contributed by atoms with Crippen molar-refractivity contribution in [2.45, 2.75) is 49.3 Å². The Hall–Kier alpha value is -1.80. The van der Waals surface area contributed by atoms with Crippen LogP contribution in [0.4, 0.5) is 5.69 Å². The molecule has 1 N–H and O–H groups in total. The van der Waals surface area contributed by atoms with Crippen LogP contribution in [0.5, 0.6) is 0 Å². The fourth-order valence-corrected chi connectivity index (χ4v) is 8.80. The van der Waals surface area contributed by atoms with E-state index < -0.39 is 10.0 Å². The molecule has 5 rings (SSSR count). The number of hydrogen-bond acceptors (Lipinski definition) is 4. The number of nitrogens with one attached hydrogen (secondary N) is 1. The lowest BCUT2D eigenvalue weighted by atomic mass is 9.93. The first-order valence-electron chi connectivity index (χ1n) is 11.8. The van der Waals surface area contributed by atoms with E-state index in [0.29, 0.717) is 17.1 Å². The van der Waals surface area contributed by atoms with E-state index >= 15 is 0 Å². The molecular weight excluding hydrogens is 488 g/mol. The minimum atomic E-state index is -3.55. The van der Waals surface area contributed by atoms with Gasteiger partial charge in [-0.3, -0.25) is 4.79 Å². The van der Waals surface area contributed by atoms with Crippen molar-refractivity contribution < 1.29 is 13.2 Å². The Labute approximate surface area is 211 Å². The van der Waals surface area contributed by atoms with Crippen LogP contribution < -0.4 is 9.62 Å². The lowest BCUT2D eigenvalue weighted by Gasteiger charge is -2.23. The maximum Gasteiger partial charge on any atom is 0.246 e. The van der Waals surface area contributed by atoms with E-state index in [-0.39, 0.29) is 28.5 Å². The van der Waals surface area contributed by atoms with Crippen molar-refractivity contribution in [3.8, 4) is 0 Å². The molecule has 8 heteroatoms. The van der Waals surface area contributed by atoms with Gasteiger partial charge in [0.1, 0.15) is 4.24 Å². The monoisotopic (exact) mass is 516 g/mol. The summed E-state index contributed by atoms with van der Waals surface area (Å²) in [5.41, 5.74) is 4.37. The summed E-state index contributed by atoms with van der Waals surface area (Å²) in [6.45, 7) is 0. The average molecular weight is 517 g/mol. The number of likely N-dealkylation sites (N-methyl/N-ethyl adjacent to an activating group) is 1. The summed E-state index contributed by atoms with van der Waals surface area (Å²) in [4.78, 5) is 14.6. The minimum Gasteiger partial charge on any atom is -0.315 e. The standard InChI is InChI=1S/C26H29ClN2O3S2/c1-29(24(30)13-17-5-3-2-4-6-17)22-10-9-18-14-19-7-8-20(15-21(18)16-22)26(19)28-34(31,32)25-12-11-23(27)33-25/h2-6,9-10,12,16,19-20,23,26,28H,7-8,11,13-15H2,1H3. The van der Waals surface area contributed by atoms with Crippen molar-refractivity contribution in [1.82, 2.24) is 4.72 Å². The number of rotatable bonds is 6. The highest BCUT2D eigenvalue weighted by molar-refractivity contribution is 8.19. The Kier molecular flexibility index (Phi) is 6.81. The second-order valence-electron chi connectivity index (χ2n) is 9.51. The van der Waals surface area contributed by atoms with Gasteiger partial charge in [-0.25, -0.2) is 13.1 Å². The first kappa shape index (κ1) is 23.9. The van der Waals surface area contributed by atoms with Gasteiger partial charge < -0.3 is 4.90 Å². The highest BCUT2D eigenvalue weighted by Crippen LogP contribution is 2.43. The van der Waals surface area contributed by atoms with Crippen LogP contribution in [0, 0.1) is 11.8 Å². The van der Waals surface area contributed by atoms with Crippen LogP contribution in [0.25, 0.3) is 0 Å². The maximum absolute atomic E-state index is 13.0. The van der Waals surface area contributed by atoms with Crippen molar-refractivity contribution >= 4 is 45.0 Å². The number of anilines is 1. The summed E-state index contributed by atoms with van der Waals surface area (Å²) in [6, 6.07) is 16.0. The molecule has 34 heavy (non-hydrogen) atoms. The van der Waals surface area contributed by atoms with Gasteiger partial charge in [0.05, 0.1) is 11.1 Å². The third-order valence-corrected chi connectivity index (χ3v) is 10.8. The lowest BCUT2D eigenvalue weighted by Crippen LogP contribution is -2.41. The van der Waals surface area contributed by atoms with Crippen LogP contribution in [-0.2, 0) is 34.1 Å². The van der Waals surface area contributed by atoms with Gasteiger partial charge >= 0.3 is 0 Å². The number of sulfonamides is 1. The van der Waals surface area contributed by atoms with Crippen LogP contribution >= 0.6 is 23.4 Å². The lowest BCUT2D eigenvalue weighted by molar-refractivity contribution is -0.117. The van der Waals surface area contributed by atoms with Gasteiger partial charge in [0.15, 0.2) is 0 Å². The van der Waals surface area contributed by atoms with Crippen molar-refractivity contribution in [2.24, 2.45) is 11.8 Å². The summed E-state index contributed by atoms with van der Waals surface area (Å²) in [7, 11) is -1.72. The molecule has 1 amide bonds. The number of hydrogen-bond donors (Lipinski definition) is 1. The van der Waals surface area contributed by atoms with Crippen LogP contribution in [0.2, 0.25) is 0 Å². The number of carbonyl (C=O) groups is 1. The van der Waals surface area contributed by atoms with Gasteiger partial charge in [0.2, 0.25) is 15.9 Å². The Bertz CT molecular complexity index is 1220. The summed E-state index contributed by atoms with van der Waals surface area (Å²) < 4.78 is 29.2. The van der Waals surface area contributed by atoms with Gasteiger partial charge in [0, 0.05) is 18.8 Å². The van der Waals surface area contributed by atoms with E-state index in [2.05, 4.69) is 16.9 Å². The molecular formula is C26H29ClN2O3S2. The molecule has 5 nitrogen and oxygen atoms in total. The molecule has 2 bridgehead atoms. The van der Waals surface area contributed by atoms with Gasteiger partial charge in [-0.05, 0) is 72.8 Å². The van der Waals surface area contributed by atoms with E-state index in [9.17, 15) is 13.2 Å². The predicted octanol–water partition coefficient (Wildman–Crippen LogP) is 4.85. The van der Waals surface area contributed by atoms with E-state index in [1.165, 1.54) is 22.9 Å². The molecule has 1 heterocycles. The number of benzene rings is 2. The third-order valence-electron chi connectivity index (χ3n) is 7.31. The normalized spacial score (nSPS) is 26.0. The van der Waals surface area contributed by atoms with Gasteiger partial charge in [0.25, 0.3) is 0 Å². The Morgan fingerprint density at radius 3 is 2.47 bits per heavy atom. The molecule has 1 fully saturated rings. The zero-order valence-corrected chi connectivity index (χ0v) is 21.5. The highest BCUT2D eigenvalue weighted by atomic mass is 35.5. The summed E-state index contributed by atoms with van der Waals surface area (Å²) in [5.74, 6) is 0.579. The van der Waals surface area contributed by atoms with E-state index in [4.69, 9.17) is 11.6 Å². The average Bonchev–Trinajstić information content (AvgIpc) is 3.37. The fraction of sp³-hybridized carbons (Fsp3) is 0.423. The van der Waals surface area contributed by atoms with Crippen molar-refractivity contribution in [2.75, 3.05) is 11.9 Å². The molecule has 180 valence electrons. The van der Waals surface area contributed by atoms with Crippen LogP contribution in [-0.4, -0.2) is 32.1 Å². The molecule has 0 saturated heterocycles. The third kappa shape index (κ3) is 4.94. The highest BCUT2D eigenvalue weighted by Gasteiger charge is 2.42. The maximum atomic E-state index is 13.0. The van der Waals surface area contributed by atoms with Gasteiger partial charge in [-0.15, -0.1) is 11.6 Å². The molecule has 1 aliphatic heterocycles. The summed E-state index contributed by atoms with van der Waals surface area (Å²) >= 11 is 7.33. The van der Waals surface area contributed by atoms with Crippen LogP contribution in [0.1, 0.15) is 36.0 Å². The molecule has 2 aromatic rings. The second kappa shape index (κ2) is 9.69. The number of nitrogens with zero attached hydrogens (tertiary/aromatic N) is 1.